The van der Waals surface area contributed by atoms with Gasteiger partial charge < -0.3 is 15.8 Å². The summed E-state index contributed by atoms with van der Waals surface area (Å²) in [5, 5.41) is 2.92. The Bertz CT molecular complexity index is 355. The van der Waals surface area contributed by atoms with E-state index in [1.165, 1.54) is 0 Å². The zero-order valence-electron chi connectivity index (χ0n) is 14.2. The molecule has 6 heteroatoms. The summed E-state index contributed by atoms with van der Waals surface area (Å²) >= 11 is 1.99. The van der Waals surface area contributed by atoms with Gasteiger partial charge in [0.1, 0.15) is 5.60 Å². The number of ether oxygens (including phenoxy) is 1. The van der Waals surface area contributed by atoms with E-state index in [-0.39, 0.29) is 22.9 Å². The lowest BCUT2D eigenvalue weighted by atomic mass is 10.1. The third kappa shape index (κ3) is 6.45. The minimum absolute atomic E-state index is 0.0382. The number of alkyl carbamates (subject to hydrolysis) is 1. The topological polar surface area (TPSA) is 67.6 Å². The number of amides is 1. The first-order valence-electron chi connectivity index (χ1n) is 7.62. The van der Waals surface area contributed by atoms with Gasteiger partial charge in [-0.3, -0.25) is 4.90 Å². The van der Waals surface area contributed by atoms with Crippen molar-refractivity contribution in [3.05, 3.63) is 0 Å². The fraction of sp³-hybridized carbons (Fsp3) is 0.933. The van der Waals surface area contributed by atoms with Crippen molar-refractivity contribution in [2.75, 3.05) is 25.4 Å². The van der Waals surface area contributed by atoms with Crippen molar-refractivity contribution in [2.45, 2.75) is 64.0 Å². The van der Waals surface area contributed by atoms with E-state index in [4.69, 9.17) is 10.5 Å². The fourth-order valence-electron chi connectivity index (χ4n) is 2.60. The van der Waals surface area contributed by atoms with Crippen LogP contribution in [-0.4, -0.2) is 58.8 Å². The van der Waals surface area contributed by atoms with E-state index < -0.39 is 5.60 Å². The second-order valence-corrected chi connectivity index (χ2v) is 9.12. The monoisotopic (exact) mass is 317 g/mol. The number of nitrogens with two attached hydrogens (primary N) is 1. The van der Waals surface area contributed by atoms with Crippen LogP contribution in [0.5, 0.6) is 0 Å². The Morgan fingerprint density at radius 2 is 2.10 bits per heavy atom. The van der Waals surface area contributed by atoms with Crippen molar-refractivity contribution in [3.8, 4) is 0 Å². The number of carbonyl (C=O) groups excluding carboxylic acids is 1. The van der Waals surface area contributed by atoms with Gasteiger partial charge in [-0.15, -0.1) is 0 Å². The molecule has 21 heavy (non-hydrogen) atoms. The zero-order valence-corrected chi connectivity index (χ0v) is 15.0. The Morgan fingerprint density at radius 3 is 2.57 bits per heavy atom. The molecule has 0 aromatic heterocycles. The smallest absolute Gasteiger partial charge is 0.407 e. The summed E-state index contributed by atoms with van der Waals surface area (Å²) in [5.41, 5.74) is 5.48. The van der Waals surface area contributed by atoms with Crippen molar-refractivity contribution >= 4 is 17.9 Å². The first-order valence-corrected chi connectivity index (χ1v) is 8.60. The van der Waals surface area contributed by atoms with Gasteiger partial charge in [0.15, 0.2) is 0 Å². The largest absolute Gasteiger partial charge is 0.444 e. The molecule has 1 rings (SSSR count). The van der Waals surface area contributed by atoms with E-state index in [1.807, 2.05) is 39.5 Å². The standard InChI is InChI=1S/C15H31N3O2S/c1-11(17-13(19)20-14(2,3)4)12(9-16)18-7-8-21-15(5,6)10-18/h11-12H,7-10,16H2,1-6H3,(H,17,19). The number of carbonyl (C=O) groups is 1. The number of thioether (sulfide) groups is 1. The van der Waals surface area contributed by atoms with Crippen LogP contribution in [0.2, 0.25) is 0 Å². The molecule has 3 N–H and O–H groups in total. The summed E-state index contributed by atoms with van der Waals surface area (Å²) in [4.78, 5) is 14.3. The first-order chi connectivity index (χ1) is 9.54. The molecule has 1 aliphatic heterocycles. The summed E-state index contributed by atoms with van der Waals surface area (Å²) in [6.45, 7) is 14.6. The average molecular weight is 317 g/mol. The second kappa shape index (κ2) is 7.20. The Kier molecular flexibility index (Phi) is 6.37. The van der Waals surface area contributed by atoms with E-state index >= 15 is 0 Å². The lowest BCUT2D eigenvalue weighted by Gasteiger charge is -2.43. The summed E-state index contributed by atoms with van der Waals surface area (Å²) < 4.78 is 5.55. The van der Waals surface area contributed by atoms with E-state index in [0.29, 0.717) is 6.54 Å². The minimum Gasteiger partial charge on any atom is -0.444 e. The van der Waals surface area contributed by atoms with Crippen LogP contribution in [0.15, 0.2) is 0 Å². The maximum Gasteiger partial charge on any atom is 0.407 e. The number of nitrogens with zero attached hydrogens (tertiary/aromatic N) is 1. The Labute approximate surface area is 133 Å². The summed E-state index contributed by atoms with van der Waals surface area (Å²) in [6.07, 6.45) is -0.376. The van der Waals surface area contributed by atoms with Crippen LogP contribution >= 0.6 is 11.8 Å². The number of rotatable bonds is 4. The van der Waals surface area contributed by atoms with Crippen LogP contribution in [0.1, 0.15) is 41.5 Å². The molecular weight excluding hydrogens is 286 g/mol. The molecule has 1 saturated heterocycles. The Hall–Kier alpha value is -0.460. The molecule has 1 heterocycles. The molecule has 0 aromatic carbocycles. The Morgan fingerprint density at radius 1 is 1.48 bits per heavy atom. The third-order valence-corrected chi connectivity index (χ3v) is 4.78. The highest BCUT2D eigenvalue weighted by Gasteiger charge is 2.33. The van der Waals surface area contributed by atoms with Crippen LogP contribution in [0.25, 0.3) is 0 Å². The van der Waals surface area contributed by atoms with E-state index in [9.17, 15) is 4.79 Å². The van der Waals surface area contributed by atoms with Gasteiger partial charge in [0.2, 0.25) is 0 Å². The van der Waals surface area contributed by atoms with Gasteiger partial charge in [0.25, 0.3) is 0 Å². The van der Waals surface area contributed by atoms with Gasteiger partial charge in [0.05, 0.1) is 0 Å². The van der Waals surface area contributed by atoms with E-state index in [1.54, 1.807) is 0 Å². The predicted octanol–water partition coefficient (Wildman–Crippen LogP) is 2.05. The van der Waals surface area contributed by atoms with Crippen LogP contribution in [0, 0.1) is 0 Å². The van der Waals surface area contributed by atoms with Gasteiger partial charge in [-0.25, -0.2) is 4.79 Å². The molecule has 1 fully saturated rings. The molecule has 0 spiro atoms. The SMILES string of the molecule is CC(NC(=O)OC(C)(C)C)C(CN)N1CCSC(C)(C)C1. The average Bonchev–Trinajstić information content (AvgIpc) is 2.25. The van der Waals surface area contributed by atoms with Gasteiger partial charge in [-0.05, 0) is 41.5 Å². The minimum atomic E-state index is -0.480. The molecule has 0 bridgehead atoms. The normalized spacial score (nSPS) is 22.4. The van der Waals surface area contributed by atoms with Crippen LogP contribution in [0.4, 0.5) is 4.79 Å². The molecule has 124 valence electrons. The van der Waals surface area contributed by atoms with Crippen LogP contribution < -0.4 is 11.1 Å². The van der Waals surface area contributed by atoms with E-state index in [0.717, 1.165) is 18.8 Å². The number of hydrogen-bond donors (Lipinski definition) is 2. The molecule has 1 aliphatic rings. The molecule has 0 aromatic rings. The predicted molar refractivity (Wildman–Crippen MR) is 89.8 cm³/mol. The maximum absolute atomic E-state index is 11.9. The summed E-state index contributed by atoms with van der Waals surface area (Å²) in [7, 11) is 0. The lowest BCUT2D eigenvalue weighted by Crippen LogP contribution is -2.58. The molecule has 1 amide bonds. The fourth-order valence-corrected chi connectivity index (χ4v) is 3.73. The lowest BCUT2D eigenvalue weighted by molar-refractivity contribution is 0.0468. The maximum atomic E-state index is 11.9. The molecule has 2 atom stereocenters. The summed E-state index contributed by atoms with van der Waals surface area (Å²) in [5.74, 6) is 1.10. The Balaban J connectivity index is 2.60. The van der Waals surface area contributed by atoms with Crippen LogP contribution in [0.3, 0.4) is 0 Å². The van der Waals surface area contributed by atoms with Crippen molar-refractivity contribution < 1.29 is 9.53 Å². The first kappa shape index (κ1) is 18.6. The van der Waals surface area contributed by atoms with Crippen molar-refractivity contribution in [2.24, 2.45) is 5.73 Å². The zero-order chi connectivity index (χ0) is 16.3. The number of hydrogen-bond acceptors (Lipinski definition) is 5. The van der Waals surface area contributed by atoms with Gasteiger partial charge >= 0.3 is 6.09 Å². The van der Waals surface area contributed by atoms with E-state index in [2.05, 4.69) is 24.1 Å². The molecule has 0 radical (unpaired) electrons. The highest BCUT2D eigenvalue weighted by atomic mass is 32.2. The molecule has 2 unspecified atom stereocenters. The molecule has 0 aliphatic carbocycles. The van der Waals surface area contributed by atoms with Crippen molar-refractivity contribution in [1.29, 1.82) is 0 Å². The van der Waals surface area contributed by atoms with Gasteiger partial charge in [-0.2, -0.15) is 11.8 Å². The van der Waals surface area contributed by atoms with Crippen molar-refractivity contribution in [3.63, 3.8) is 0 Å². The number of nitrogens with one attached hydrogen (secondary N) is 1. The van der Waals surface area contributed by atoms with Gasteiger partial charge in [-0.1, -0.05) is 0 Å². The second-order valence-electron chi connectivity index (χ2n) is 7.32. The quantitative estimate of drug-likeness (QED) is 0.831. The highest BCUT2D eigenvalue weighted by Crippen LogP contribution is 2.30. The molecular formula is C15H31N3O2S. The molecule has 0 saturated carbocycles. The third-order valence-electron chi connectivity index (χ3n) is 3.49. The summed E-state index contributed by atoms with van der Waals surface area (Å²) in [6, 6.07) is 0.0986. The van der Waals surface area contributed by atoms with Gasteiger partial charge in [0, 0.05) is 42.2 Å². The van der Waals surface area contributed by atoms with Crippen LogP contribution in [-0.2, 0) is 4.74 Å². The highest BCUT2D eigenvalue weighted by molar-refractivity contribution is 8.00. The molecule has 5 nitrogen and oxygen atoms in total. The van der Waals surface area contributed by atoms with Crippen molar-refractivity contribution in [1.82, 2.24) is 10.2 Å².